The lowest BCUT2D eigenvalue weighted by atomic mass is 10.1. The minimum Gasteiger partial charge on any atom is -0.489 e. The minimum absolute atomic E-state index is 0.130. The Hall–Kier alpha value is -3.78. The topological polar surface area (TPSA) is 73.6 Å². The van der Waals surface area contributed by atoms with Gasteiger partial charge in [0.05, 0.1) is 12.5 Å². The molecule has 0 unspecified atom stereocenters. The normalized spacial score (nSPS) is 10.3. The van der Waals surface area contributed by atoms with E-state index in [-0.39, 0.29) is 6.42 Å². The Morgan fingerprint density at radius 3 is 2.19 bits per heavy atom. The van der Waals surface area contributed by atoms with E-state index in [4.69, 9.17) is 15.1 Å². The van der Waals surface area contributed by atoms with E-state index in [1.54, 1.807) is 0 Å². The quantitative estimate of drug-likeness (QED) is 0.467. The molecule has 0 saturated heterocycles. The van der Waals surface area contributed by atoms with Crippen LogP contribution in [0.15, 0.2) is 78.9 Å². The summed E-state index contributed by atoms with van der Waals surface area (Å²) >= 11 is 0. The Labute approximate surface area is 183 Å². The lowest BCUT2D eigenvalue weighted by Crippen LogP contribution is -2.23. The largest absolute Gasteiger partial charge is 0.489 e. The van der Waals surface area contributed by atoms with Gasteiger partial charge in [0.15, 0.2) is 0 Å². The monoisotopic (exact) mass is 414 g/mol. The van der Waals surface area contributed by atoms with E-state index in [0.717, 1.165) is 29.1 Å². The summed E-state index contributed by atoms with van der Waals surface area (Å²) in [5.41, 5.74) is 4.34. The molecule has 31 heavy (non-hydrogen) atoms. The summed E-state index contributed by atoms with van der Waals surface area (Å²) < 4.78 is 5.85. The van der Waals surface area contributed by atoms with Gasteiger partial charge in [-0.3, -0.25) is 4.79 Å². The number of benzene rings is 3. The minimum atomic E-state index is -0.791. The molecule has 0 atom stereocenters. The standard InChI is InChI=1S/C26H26N2O3/c27-17-4-18-28(24-5-2-1-3-6-24)19-22-7-9-23(10-8-22)20-31-25-14-11-21(12-15-25)13-16-26(29)30/h1-3,5-12,14-15H,4,13,16,18-20H2,(H,29,30). The van der Waals surface area contributed by atoms with Crippen molar-refractivity contribution in [3.8, 4) is 11.8 Å². The number of ether oxygens (including phenoxy) is 1. The number of hydrogen-bond acceptors (Lipinski definition) is 4. The van der Waals surface area contributed by atoms with Crippen molar-refractivity contribution in [3.63, 3.8) is 0 Å². The summed E-state index contributed by atoms with van der Waals surface area (Å²) in [5, 5.41) is 17.7. The van der Waals surface area contributed by atoms with E-state index in [9.17, 15) is 4.79 Å². The van der Waals surface area contributed by atoms with Gasteiger partial charge in [0.1, 0.15) is 12.4 Å². The first kappa shape index (κ1) is 21.9. The molecule has 0 fully saturated rings. The van der Waals surface area contributed by atoms with Gasteiger partial charge >= 0.3 is 5.97 Å². The van der Waals surface area contributed by atoms with Gasteiger partial charge in [-0.15, -0.1) is 0 Å². The number of para-hydroxylation sites is 1. The fraction of sp³-hybridized carbons (Fsp3) is 0.231. The number of carbonyl (C=O) groups is 1. The molecule has 3 aromatic rings. The van der Waals surface area contributed by atoms with E-state index in [1.165, 1.54) is 5.56 Å². The molecule has 3 rings (SSSR count). The van der Waals surface area contributed by atoms with Crippen molar-refractivity contribution in [3.05, 3.63) is 95.6 Å². The summed E-state index contributed by atoms with van der Waals surface area (Å²) in [4.78, 5) is 12.9. The number of nitrogens with zero attached hydrogens (tertiary/aromatic N) is 2. The van der Waals surface area contributed by atoms with Crippen LogP contribution >= 0.6 is 0 Å². The highest BCUT2D eigenvalue weighted by molar-refractivity contribution is 5.67. The number of aliphatic carboxylic acids is 1. The molecule has 3 aromatic carbocycles. The van der Waals surface area contributed by atoms with Crippen LogP contribution in [0.4, 0.5) is 5.69 Å². The lowest BCUT2D eigenvalue weighted by molar-refractivity contribution is -0.136. The highest BCUT2D eigenvalue weighted by atomic mass is 16.5. The van der Waals surface area contributed by atoms with Crippen LogP contribution in [0.5, 0.6) is 5.75 Å². The van der Waals surface area contributed by atoms with Crippen molar-refractivity contribution in [2.45, 2.75) is 32.4 Å². The summed E-state index contributed by atoms with van der Waals surface area (Å²) in [6, 6.07) is 28.2. The van der Waals surface area contributed by atoms with E-state index in [0.29, 0.717) is 26.0 Å². The fourth-order valence-corrected chi connectivity index (χ4v) is 3.25. The molecule has 0 amide bonds. The molecular weight excluding hydrogens is 388 g/mol. The Morgan fingerprint density at radius 2 is 1.55 bits per heavy atom. The average Bonchev–Trinajstić information content (AvgIpc) is 2.81. The van der Waals surface area contributed by atoms with E-state index >= 15 is 0 Å². The summed E-state index contributed by atoms with van der Waals surface area (Å²) in [5.74, 6) is -0.0318. The van der Waals surface area contributed by atoms with Crippen molar-refractivity contribution in [2.24, 2.45) is 0 Å². The maximum Gasteiger partial charge on any atom is 0.303 e. The molecule has 0 aliphatic carbocycles. The number of anilines is 1. The van der Waals surface area contributed by atoms with Crippen molar-refractivity contribution >= 4 is 11.7 Å². The van der Waals surface area contributed by atoms with Gasteiger partial charge in [-0.2, -0.15) is 5.26 Å². The Balaban J connectivity index is 1.54. The fourth-order valence-electron chi connectivity index (χ4n) is 3.25. The zero-order chi connectivity index (χ0) is 21.9. The molecule has 0 aliphatic rings. The van der Waals surface area contributed by atoms with Crippen LogP contribution in [0.25, 0.3) is 0 Å². The first-order valence-corrected chi connectivity index (χ1v) is 10.3. The predicted molar refractivity (Wildman–Crippen MR) is 121 cm³/mol. The SMILES string of the molecule is N#CCCN(Cc1ccc(COc2ccc(CCC(=O)O)cc2)cc1)c1ccccc1. The number of hydrogen-bond donors (Lipinski definition) is 1. The van der Waals surface area contributed by atoms with Gasteiger partial charge in [-0.05, 0) is 47.4 Å². The van der Waals surface area contributed by atoms with E-state index < -0.39 is 5.97 Å². The van der Waals surface area contributed by atoms with Crippen molar-refractivity contribution in [1.82, 2.24) is 0 Å². The predicted octanol–water partition coefficient (Wildman–Crippen LogP) is 5.20. The molecule has 0 heterocycles. The Kier molecular flexibility index (Phi) is 8.07. The number of carboxylic acids is 1. The van der Waals surface area contributed by atoms with Crippen LogP contribution in [-0.2, 0) is 24.4 Å². The van der Waals surface area contributed by atoms with Gasteiger partial charge in [0.25, 0.3) is 0 Å². The van der Waals surface area contributed by atoms with Gasteiger partial charge in [-0.1, -0.05) is 54.6 Å². The molecule has 0 saturated carbocycles. The number of rotatable bonds is 11. The molecule has 5 heteroatoms. The third kappa shape index (κ3) is 7.20. The molecule has 0 bridgehead atoms. The zero-order valence-corrected chi connectivity index (χ0v) is 17.4. The number of carboxylic acid groups (broad SMARTS) is 1. The smallest absolute Gasteiger partial charge is 0.303 e. The molecule has 1 N–H and O–H groups in total. The molecular formula is C26H26N2O3. The van der Waals surface area contributed by atoms with Crippen LogP contribution in [0.3, 0.4) is 0 Å². The highest BCUT2D eigenvalue weighted by Crippen LogP contribution is 2.19. The number of nitriles is 1. The Bertz CT molecular complexity index is 994. The molecule has 0 aliphatic heterocycles. The zero-order valence-electron chi connectivity index (χ0n) is 17.4. The van der Waals surface area contributed by atoms with Gasteiger partial charge in [0.2, 0.25) is 0 Å². The molecule has 0 aromatic heterocycles. The molecule has 0 radical (unpaired) electrons. The average molecular weight is 415 g/mol. The second-order valence-corrected chi connectivity index (χ2v) is 7.31. The van der Waals surface area contributed by atoms with Crippen LogP contribution in [-0.4, -0.2) is 17.6 Å². The third-order valence-corrected chi connectivity index (χ3v) is 4.97. The van der Waals surface area contributed by atoms with Crippen LogP contribution in [0.2, 0.25) is 0 Å². The maximum atomic E-state index is 10.7. The van der Waals surface area contributed by atoms with E-state index in [2.05, 4.69) is 47.4 Å². The lowest BCUT2D eigenvalue weighted by Gasteiger charge is -2.24. The highest BCUT2D eigenvalue weighted by Gasteiger charge is 2.07. The van der Waals surface area contributed by atoms with E-state index in [1.807, 2.05) is 42.5 Å². The second-order valence-electron chi connectivity index (χ2n) is 7.31. The summed E-state index contributed by atoms with van der Waals surface area (Å²) in [7, 11) is 0. The summed E-state index contributed by atoms with van der Waals surface area (Å²) in [6.07, 6.45) is 1.13. The first-order valence-electron chi connectivity index (χ1n) is 10.3. The van der Waals surface area contributed by atoms with Crippen molar-refractivity contribution in [1.29, 1.82) is 5.26 Å². The number of aryl methyl sites for hydroxylation is 1. The van der Waals surface area contributed by atoms with Crippen molar-refractivity contribution < 1.29 is 14.6 Å². The second kappa shape index (κ2) is 11.4. The van der Waals surface area contributed by atoms with Gasteiger partial charge in [0, 0.05) is 25.2 Å². The Morgan fingerprint density at radius 1 is 0.903 bits per heavy atom. The third-order valence-electron chi connectivity index (χ3n) is 4.97. The first-order chi connectivity index (χ1) is 15.1. The van der Waals surface area contributed by atoms with Gasteiger partial charge < -0.3 is 14.7 Å². The molecule has 0 spiro atoms. The molecule has 5 nitrogen and oxygen atoms in total. The van der Waals surface area contributed by atoms with Crippen LogP contribution in [0, 0.1) is 11.3 Å². The van der Waals surface area contributed by atoms with Crippen molar-refractivity contribution in [2.75, 3.05) is 11.4 Å². The van der Waals surface area contributed by atoms with Crippen LogP contribution in [0.1, 0.15) is 29.5 Å². The molecule has 158 valence electrons. The maximum absolute atomic E-state index is 10.7. The van der Waals surface area contributed by atoms with Crippen LogP contribution < -0.4 is 9.64 Å². The van der Waals surface area contributed by atoms with Gasteiger partial charge in [-0.25, -0.2) is 0 Å². The summed E-state index contributed by atoms with van der Waals surface area (Å²) in [6.45, 7) is 1.89.